The number of carbonyl (C=O) groups excluding carboxylic acids is 3. The van der Waals surface area contributed by atoms with E-state index in [1.165, 1.54) is 24.3 Å². The highest BCUT2D eigenvalue weighted by Crippen LogP contribution is 2.29. The molecule has 0 saturated carbocycles. The van der Waals surface area contributed by atoms with Crippen LogP contribution in [0.3, 0.4) is 0 Å². The van der Waals surface area contributed by atoms with Crippen LogP contribution in [0.15, 0.2) is 47.9 Å². The maximum absolute atomic E-state index is 12.4. The van der Waals surface area contributed by atoms with Crippen LogP contribution in [0.5, 0.6) is 0 Å². The van der Waals surface area contributed by atoms with Crippen LogP contribution in [0.1, 0.15) is 20.8 Å². The van der Waals surface area contributed by atoms with Crippen molar-refractivity contribution in [2.45, 2.75) is 6.18 Å². The molecule has 0 aliphatic rings. The number of carbonyl (C=O) groups is 3. The van der Waals surface area contributed by atoms with Crippen LogP contribution in [0.25, 0.3) is 6.08 Å². The van der Waals surface area contributed by atoms with Crippen LogP contribution < -0.4 is 5.32 Å². The normalized spacial score (nSPS) is 11.3. The second kappa shape index (κ2) is 8.43. The summed E-state index contributed by atoms with van der Waals surface area (Å²) in [5, 5.41) is 3.73. The molecule has 9 heteroatoms. The van der Waals surface area contributed by atoms with Crippen LogP contribution in [-0.2, 0) is 20.5 Å². The fourth-order valence-electron chi connectivity index (χ4n) is 1.76. The molecule has 1 aromatic heterocycles. The van der Waals surface area contributed by atoms with Gasteiger partial charge in [-0.25, -0.2) is 4.79 Å². The lowest BCUT2D eigenvalue weighted by molar-refractivity contribution is -0.143. The molecule has 0 aliphatic carbocycles. The molecule has 2 rings (SSSR count). The second-order valence-electron chi connectivity index (χ2n) is 4.92. The zero-order valence-electron chi connectivity index (χ0n) is 13.1. The number of benzene rings is 1. The lowest BCUT2D eigenvalue weighted by Crippen LogP contribution is -2.33. The molecule has 2 aromatic rings. The van der Waals surface area contributed by atoms with Crippen molar-refractivity contribution in [2.75, 3.05) is 6.61 Å². The quantitative estimate of drug-likeness (QED) is 0.635. The van der Waals surface area contributed by atoms with E-state index in [0.717, 1.165) is 29.5 Å². The van der Waals surface area contributed by atoms with Crippen LogP contribution in [-0.4, -0.2) is 24.4 Å². The van der Waals surface area contributed by atoms with Gasteiger partial charge in [0, 0.05) is 6.08 Å². The largest absolute Gasteiger partial charge is 0.452 e. The number of hydrogen-bond donors (Lipinski definition) is 1. The van der Waals surface area contributed by atoms with Crippen molar-refractivity contribution in [2.24, 2.45) is 0 Å². The number of hydrogen-bond acceptors (Lipinski definition) is 5. The summed E-state index contributed by atoms with van der Waals surface area (Å²) in [4.78, 5) is 35.0. The maximum Gasteiger partial charge on any atom is 0.416 e. The number of nitrogens with one attached hydrogen (secondary N) is 1. The lowest BCUT2D eigenvalue weighted by Gasteiger charge is -2.06. The Morgan fingerprint density at radius 3 is 2.38 bits per heavy atom. The number of rotatable bonds is 5. The third kappa shape index (κ3) is 5.85. The minimum atomic E-state index is -4.44. The summed E-state index contributed by atoms with van der Waals surface area (Å²) in [6, 6.07) is 7.34. The first kappa shape index (κ1) is 19.4. The van der Waals surface area contributed by atoms with Crippen molar-refractivity contribution in [3.05, 3.63) is 63.9 Å². The Labute approximate surface area is 150 Å². The molecular weight excluding hydrogens is 371 g/mol. The van der Waals surface area contributed by atoms with E-state index < -0.39 is 36.1 Å². The first-order valence-corrected chi connectivity index (χ1v) is 8.03. The third-order valence-electron chi connectivity index (χ3n) is 2.99. The molecule has 0 saturated heterocycles. The van der Waals surface area contributed by atoms with Gasteiger partial charge in [0.25, 0.3) is 11.8 Å². The molecule has 136 valence electrons. The molecule has 0 spiro atoms. The van der Waals surface area contributed by atoms with E-state index in [4.69, 9.17) is 0 Å². The highest BCUT2D eigenvalue weighted by atomic mass is 32.1. The van der Waals surface area contributed by atoms with E-state index in [1.54, 1.807) is 11.4 Å². The monoisotopic (exact) mass is 383 g/mol. The molecule has 0 aliphatic heterocycles. The zero-order valence-corrected chi connectivity index (χ0v) is 13.9. The number of halogens is 3. The van der Waals surface area contributed by atoms with Gasteiger partial charge in [0.05, 0.1) is 10.4 Å². The van der Waals surface area contributed by atoms with Crippen LogP contribution in [0.4, 0.5) is 13.2 Å². The van der Waals surface area contributed by atoms with E-state index in [-0.39, 0.29) is 0 Å². The summed E-state index contributed by atoms with van der Waals surface area (Å²) in [6.07, 6.45) is -2.22. The maximum atomic E-state index is 12.4. The Bertz CT molecular complexity index is 812. The average molecular weight is 383 g/mol. The van der Waals surface area contributed by atoms with E-state index >= 15 is 0 Å². The number of thiophene rings is 1. The molecule has 1 N–H and O–H groups in total. The zero-order chi connectivity index (χ0) is 19.2. The van der Waals surface area contributed by atoms with E-state index in [0.29, 0.717) is 10.4 Å². The molecule has 1 heterocycles. The Morgan fingerprint density at radius 2 is 1.81 bits per heavy atom. The summed E-state index contributed by atoms with van der Waals surface area (Å²) in [5.41, 5.74) is -0.448. The third-order valence-corrected chi connectivity index (χ3v) is 3.86. The molecule has 0 unspecified atom stereocenters. The Hall–Kier alpha value is -2.94. The predicted octanol–water partition coefficient (Wildman–Crippen LogP) is 3.28. The fraction of sp³-hybridized carbons (Fsp3) is 0.118. The van der Waals surface area contributed by atoms with Gasteiger partial charge in [-0.15, -0.1) is 11.3 Å². The molecule has 0 atom stereocenters. The number of imide groups is 1. The average Bonchev–Trinajstić information content (AvgIpc) is 3.12. The van der Waals surface area contributed by atoms with Crippen molar-refractivity contribution in [1.29, 1.82) is 0 Å². The molecule has 2 amide bonds. The van der Waals surface area contributed by atoms with Crippen molar-refractivity contribution in [1.82, 2.24) is 5.32 Å². The standard InChI is InChI=1S/C17H12F3NO4S/c18-17(19,20)12-6-3-11(4-7-12)5-8-15(23)25-10-14(22)21-16(24)13-2-1-9-26-13/h1-9H,10H2,(H,21,22,24)/b8-5+. The highest BCUT2D eigenvalue weighted by molar-refractivity contribution is 7.12. The molecule has 1 aromatic carbocycles. The first-order valence-electron chi connectivity index (χ1n) is 7.15. The topological polar surface area (TPSA) is 72.5 Å². The van der Waals surface area contributed by atoms with E-state index in [2.05, 4.69) is 10.1 Å². The van der Waals surface area contributed by atoms with Gasteiger partial charge in [0.1, 0.15) is 0 Å². The minimum absolute atomic E-state index is 0.340. The second-order valence-corrected chi connectivity index (χ2v) is 5.86. The number of ether oxygens (including phenoxy) is 1. The molecule has 0 bridgehead atoms. The minimum Gasteiger partial charge on any atom is -0.452 e. The first-order chi connectivity index (χ1) is 12.3. The van der Waals surface area contributed by atoms with E-state index in [1.807, 2.05) is 0 Å². The van der Waals surface area contributed by atoms with E-state index in [9.17, 15) is 27.6 Å². The molecular formula is C17H12F3NO4S. The van der Waals surface area contributed by atoms with Gasteiger partial charge in [0.15, 0.2) is 6.61 Å². The van der Waals surface area contributed by atoms with Crippen molar-refractivity contribution >= 4 is 35.2 Å². The smallest absolute Gasteiger partial charge is 0.416 e. The van der Waals surface area contributed by atoms with Gasteiger partial charge in [-0.05, 0) is 35.2 Å². The predicted molar refractivity (Wildman–Crippen MR) is 88.2 cm³/mol. The summed E-state index contributed by atoms with van der Waals surface area (Å²) in [5.74, 6) is -2.26. The Balaban J connectivity index is 1.80. The van der Waals surface area contributed by atoms with Gasteiger partial charge < -0.3 is 4.74 Å². The summed E-state index contributed by atoms with van der Waals surface area (Å²) < 4.78 is 42.0. The Kier molecular flexibility index (Phi) is 6.29. The van der Waals surface area contributed by atoms with Gasteiger partial charge in [-0.3, -0.25) is 14.9 Å². The van der Waals surface area contributed by atoms with Gasteiger partial charge >= 0.3 is 12.1 Å². The fourth-order valence-corrected chi connectivity index (χ4v) is 2.38. The molecule has 26 heavy (non-hydrogen) atoms. The molecule has 0 radical (unpaired) electrons. The molecule has 0 fully saturated rings. The van der Waals surface area contributed by atoms with Gasteiger partial charge in [-0.2, -0.15) is 13.2 Å². The van der Waals surface area contributed by atoms with Gasteiger partial charge in [0.2, 0.25) is 0 Å². The SMILES string of the molecule is O=C(COC(=O)/C=C/c1ccc(C(F)(F)F)cc1)NC(=O)c1cccs1. The lowest BCUT2D eigenvalue weighted by atomic mass is 10.1. The van der Waals surface area contributed by atoms with Crippen molar-refractivity contribution in [3.8, 4) is 0 Å². The van der Waals surface area contributed by atoms with Crippen molar-refractivity contribution in [3.63, 3.8) is 0 Å². The Morgan fingerprint density at radius 1 is 1.12 bits per heavy atom. The molecule has 5 nitrogen and oxygen atoms in total. The van der Waals surface area contributed by atoms with Crippen LogP contribution in [0.2, 0.25) is 0 Å². The summed E-state index contributed by atoms with van der Waals surface area (Å²) in [7, 11) is 0. The number of amides is 2. The van der Waals surface area contributed by atoms with Gasteiger partial charge in [-0.1, -0.05) is 18.2 Å². The van der Waals surface area contributed by atoms with Crippen LogP contribution in [0, 0.1) is 0 Å². The van der Waals surface area contributed by atoms with Crippen LogP contribution >= 0.6 is 11.3 Å². The van der Waals surface area contributed by atoms with Crippen molar-refractivity contribution < 1.29 is 32.3 Å². The summed E-state index contributed by atoms with van der Waals surface area (Å²) >= 11 is 1.15. The number of alkyl halides is 3. The summed E-state index contributed by atoms with van der Waals surface area (Å²) in [6.45, 7) is -0.659. The number of esters is 1. The highest BCUT2D eigenvalue weighted by Gasteiger charge is 2.29.